The van der Waals surface area contributed by atoms with E-state index in [4.69, 9.17) is 4.74 Å². The molecule has 0 radical (unpaired) electrons. The lowest BCUT2D eigenvalue weighted by Crippen LogP contribution is -2.59. The second kappa shape index (κ2) is 6.58. The van der Waals surface area contributed by atoms with E-state index in [0.717, 1.165) is 40.9 Å². The summed E-state index contributed by atoms with van der Waals surface area (Å²) in [4.78, 5) is 16.5. The number of hydrogen-bond acceptors (Lipinski definition) is 4. The van der Waals surface area contributed by atoms with Gasteiger partial charge in [0.25, 0.3) is 0 Å². The largest absolute Gasteiger partial charge is 0.445 e. The molecular weight excluding hydrogens is 336 g/mol. The van der Waals surface area contributed by atoms with E-state index >= 15 is 0 Å². The van der Waals surface area contributed by atoms with E-state index in [1.165, 1.54) is 12.8 Å². The van der Waals surface area contributed by atoms with Crippen molar-refractivity contribution >= 4 is 11.7 Å². The van der Waals surface area contributed by atoms with Crippen molar-refractivity contribution in [3.8, 4) is 11.8 Å². The SMILES string of the molecule is CC1=C(C#Cc2ccc(N(C)C)cc2)C2=CC(=O)O[C@]21C1CCCCN1C. The van der Waals surface area contributed by atoms with Gasteiger partial charge in [0, 0.05) is 42.6 Å². The molecule has 1 aliphatic carbocycles. The maximum Gasteiger partial charge on any atom is 0.332 e. The molecule has 0 amide bonds. The summed E-state index contributed by atoms with van der Waals surface area (Å²) in [6.45, 7) is 3.11. The number of esters is 1. The first-order chi connectivity index (χ1) is 12.9. The Morgan fingerprint density at radius 3 is 2.59 bits per heavy atom. The lowest BCUT2D eigenvalue weighted by Gasteiger charge is -2.50. The molecule has 140 valence electrons. The van der Waals surface area contributed by atoms with Gasteiger partial charge < -0.3 is 9.64 Å². The Morgan fingerprint density at radius 2 is 1.93 bits per heavy atom. The Morgan fingerprint density at radius 1 is 1.19 bits per heavy atom. The summed E-state index contributed by atoms with van der Waals surface area (Å²) >= 11 is 0. The van der Waals surface area contributed by atoms with Gasteiger partial charge in [0.15, 0.2) is 5.60 Å². The number of anilines is 1. The van der Waals surface area contributed by atoms with Crippen LogP contribution >= 0.6 is 0 Å². The number of likely N-dealkylation sites (tertiary alicyclic amines) is 1. The Kier molecular flexibility index (Phi) is 4.36. The third kappa shape index (κ3) is 2.78. The van der Waals surface area contributed by atoms with E-state index in [9.17, 15) is 4.79 Å². The Labute approximate surface area is 161 Å². The van der Waals surface area contributed by atoms with E-state index in [1.54, 1.807) is 6.08 Å². The summed E-state index contributed by atoms with van der Waals surface area (Å²) in [5, 5.41) is 0. The number of piperidine rings is 1. The van der Waals surface area contributed by atoms with Gasteiger partial charge in [-0.3, -0.25) is 4.90 Å². The molecule has 0 bridgehead atoms. The van der Waals surface area contributed by atoms with Gasteiger partial charge >= 0.3 is 5.97 Å². The molecule has 1 fully saturated rings. The summed E-state index contributed by atoms with van der Waals surface area (Å²) in [5.41, 5.74) is 4.58. The molecule has 1 saturated heterocycles. The van der Waals surface area contributed by atoms with E-state index in [-0.39, 0.29) is 12.0 Å². The van der Waals surface area contributed by atoms with Crippen molar-refractivity contribution in [3.05, 3.63) is 52.6 Å². The number of fused-ring (bicyclic) bond motifs is 1. The molecule has 2 aliphatic heterocycles. The van der Waals surface area contributed by atoms with Crippen molar-refractivity contribution in [2.75, 3.05) is 32.6 Å². The minimum absolute atomic E-state index is 0.217. The molecule has 3 aliphatic rings. The summed E-state index contributed by atoms with van der Waals surface area (Å²) in [6, 6.07) is 8.41. The normalized spacial score (nSPS) is 27.2. The first-order valence-electron chi connectivity index (χ1n) is 9.60. The average molecular weight is 362 g/mol. The van der Waals surface area contributed by atoms with Gasteiger partial charge in [0.1, 0.15) is 0 Å². The molecule has 27 heavy (non-hydrogen) atoms. The predicted octanol–water partition coefficient (Wildman–Crippen LogP) is 3.14. The highest BCUT2D eigenvalue weighted by Gasteiger charge is 2.60. The minimum Gasteiger partial charge on any atom is -0.445 e. The molecule has 1 unspecified atom stereocenters. The zero-order chi connectivity index (χ0) is 19.2. The first-order valence-corrected chi connectivity index (χ1v) is 9.60. The molecule has 0 aromatic heterocycles. The number of carbonyl (C=O) groups excluding carboxylic acids is 1. The third-order valence-electron chi connectivity index (χ3n) is 6.08. The first kappa shape index (κ1) is 17.9. The highest BCUT2D eigenvalue weighted by atomic mass is 16.6. The Bertz CT molecular complexity index is 899. The van der Waals surface area contributed by atoms with Crippen molar-refractivity contribution in [3.63, 3.8) is 0 Å². The number of rotatable bonds is 2. The van der Waals surface area contributed by atoms with Gasteiger partial charge in [0.2, 0.25) is 0 Å². The topological polar surface area (TPSA) is 32.8 Å². The summed E-state index contributed by atoms with van der Waals surface area (Å²) in [6.07, 6.45) is 5.07. The van der Waals surface area contributed by atoms with Crippen LogP contribution in [0, 0.1) is 11.8 Å². The fourth-order valence-corrected chi connectivity index (χ4v) is 4.55. The maximum atomic E-state index is 12.1. The van der Waals surface area contributed by atoms with Crippen molar-refractivity contribution in [1.29, 1.82) is 0 Å². The molecule has 0 saturated carbocycles. The second-order valence-corrected chi connectivity index (χ2v) is 7.90. The Hall–Kier alpha value is -2.51. The lowest BCUT2D eigenvalue weighted by molar-refractivity contribution is -0.149. The monoisotopic (exact) mass is 362 g/mol. The second-order valence-electron chi connectivity index (χ2n) is 7.90. The molecule has 4 rings (SSSR count). The molecule has 0 spiro atoms. The van der Waals surface area contributed by atoms with Crippen LogP contribution in [0.15, 0.2) is 47.1 Å². The van der Waals surface area contributed by atoms with Crippen LogP contribution in [0.5, 0.6) is 0 Å². The van der Waals surface area contributed by atoms with Crippen molar-refractivity contribution in [2.24, 2.45) is 0 Å². The van der Waals surface area contributed by atoms with Crippen LogP contribution in [-0.4, -0.2) is 50.2 Å². The fraction of sp³-hybridized carbons (Fsp3) is 0.435. The molecule has 1 aromatic rings. The van der Waals surface area contributed by atoms with Crippen LogP contribution < -0.4 is 4.90 Å². The summed E-state index contributed by atoms with van der Waals surface area (Å²) in [5.74, 6) is 6.32. The molecule has 1 aromatic carbocycles. The summed E-state index contributed by atoms with van der Waals surface area (Å²) < 4.78 is 5.89. The third-order valence-corrected chi connectivity index (χ3v) is 6.08. The quantitative estimate of drug-likeness (QED) is 0.598. The standard InChI is InChI=1S/C23H26N2O2/c1-16-19(13-10-17-8-11-18(12-9-17)24(2)3)20-15-22(26)27-23(16,20)21-7-5-6-14-25(21)4/h8-9,11-12,15,21H,5-7,14H2,1-4H3/t21?,23-/m0/s1. The lowest BCUT2D eigenvalue weighted by atomic mass is 9.64. The van der Waals surface area contributed by atoms with E-state index < -0.39 is 5.60 Å². The van der Waals surface area contributed by atoms with Crippen LogP contribution in [0.2, 0.25) is 0 Å². The number of hydrogen-bond donors (Lipinski definition) is 0. The van der Waals surface area contributed by atoms with E-state index in [2.05, 4.69) is 47.7 Å². The molecule has 2 atom stereocenters. The van der Waals surface area contributed by atoms with Crippen molar-refractivity contribution in [2.45, 2.75) is 37.8 Å². The van der Waals surface area contributed by atoms with Crippen LogP contribution in [-0.2, 0) is 9.53 Å². The van der Waals surface area contributed by atoms with Crippen LogP contribution in [0.25, 0.3) is 0 Å². The molecule has 0 N–H and O–H groups in total. The van der Waals surface area contributed by atoms with Gasteiger partial charge in [-0.05, 0) is 63.2 Å². The number of likely N-dealkylation sites (N-methyl/N-ethyl adjacent to an activating group) is 1. The summed E-state index contributed by atoms with van der Waals surface area (Å²) in [7, 11) is 6.18. The number of benzene rings is 1. The zero-order valence-corrected chi connectivity index (χ0v) is 16.5. The average Bonchev–Trinajstić information content (AvgIpc) is 2.96. The van der Waals surface area contributed by atoms with Gasteiger partial charge in [0.05, 0.1) is 6.04 Å². The van der Waals surface area contributed by atoms with Gasteiger partial charge in [-0.15, -0.1) is 0 Å². The van der Waals surface area contributed by atoms with Crippen LogP contribution in [0.4, 0.5) is 5.69 Å². The van der Waals surface area contributed by atoms with Crippen molar-refractivity contribution in [1.82, 2.24) is 4.90 Å². The van der Waals surface area contributed by atoms with Crippen LogP contribution in [0.3, 0.4) is 0 Å². The molecule has 4 heteroatoms. The molecule has 2 heterocycles. The van der Waals surface area contributed by atoms with E-state index in [0.29, 0.717) is 0 Å². The predicted molar refractivity (Wildman–Crippen MR) is 108 cm³/mol. The molecular formula is C23H26N2O2. The number of carbonyl (C=O) groups is 1. The fourth-order valence-electron chi connectivity index (χ4n) is 4.55. The van der Waals surface area contributed by atoms with Gasteiger partial charge in [-0.2, -0.15) is 0 Å². The van der Waals surface area contributed by atoms with Crippen LogP contribution in [0.1, 0.15) is 31.7 Å². The maximum absolute atomic E-state index is 12.1. The number of ether oxygens (including phenoxy) is 1. The highest BCUT2D eigenvalue weighted by Crippen LogP contribution is 2.54. The number of nitrogens with zero attached hydrogens (tertiary/aromatic N) is 2. The van der Waals surface area contributed by atoms with Gasteiger partial charge in [-0.25, -0.2) is 4.79 Å². The van der Waals surface area contributed by atoms with E-state index in [1.807, 2.05) is 26.2 Å². The zero-order valence-electron chi connectivity index (χ0n) is 16.5. The Balaban J connectivity index is 1.65. The minimum atomic E-state index is -0.578. The van der Waals surface area contributed by atoms with Gasteiger partial charge in [-0.1, -0.05) is 18.3 Å². The smallest absolute Gasteiger partial charge is 0.332 e. The highest BCUT2D eigenvalue weighted by molar-refractivity contribution is 5.93. The molecule has 4 nitrogen and oxygen atoms in total. The van der Waals surface area contributed by atoms with Crippen molar-refractivity contribution < 1.29 is 9.53 Å².